The van der Waals surface area contributed by atoms with Crippen LogP contribution in [0.3, 0.4) is 0 Å². The van der Waals surface area contributed by atoms with Gasteiger partial charge in [-0.15, -0.1) is 0 Å². The van der Waals surface area contributed by atoms with Crippen molar-refractivity contribution in [1.82, 2.24) is 15.0 Å². The number of carbonyl (C=O) groups excluding carboxylic acids is 1. The van der Waals surface area contributed by atoms with E-state index in [9.17, 15) is 4.79 Å². The third-order valence-corrected chi connectivity index (χ3v) is 6.19. The molecule has 0 aliphatic carbocycles. The number of nitrogens with one attached hydrogen (secondary N) is 1. The molecule has 0 spiro atoms. The number of benzene rings is 2. The zero-order chi connectivity index (χ0) is 23.4. The Morgan fingerprint density at radius 2 is 2.03 bits per heavy atom. The first-order valence-electron chi connectivity index (χ1n) is 10.8. The summed E-state index contributed by atoms with van der Waals surface area (Å²) in [5.41, 5.74) is 2.46. The van der Waals surface area contributed by atoms with Gasteiger partial charge in [0.15, 0.2) is 11.5 Å². The summed E-state index contributed by atoms with van der Waals surface area (Å²) in [4.78, 5) is 19.5. The highest BCUT2D eigenvalue weighted by molar-refractivity contribution is 6.31. The van der Waals surface area contributed by atoms with Crippen LogP contribution in [0.1, 0.15) is 24.3 Å². The Morgan fingerprint density at radius 3 is 2.79 bits per heavy atom. The predicted octanol–water partition coefficient (Wildman–Crippen LogP) is 4.57. The average Bonchev–Trinajstić information content (AvgIpc) is 3.29. The quantitative estimate of drug-likeness (QED) is 0.541. The molecule has 1 aliphatic heterocycles. The fourth-order valence-corrected chi connectivity index (χ4v) is 4.11. The minimum Gasteiger partial charge on any atom is -0.493 e. The number of hydrogen-bond acceptors (Lipinski definition) is 7. The molecule has 1 aliphatic rings. The maximum atomic E-state index is 12.8. The van der Waals surface area contributed by atoms with Crippen LogP contribution in [0.15, 0.2) is 40.9 Å². The van der Waals surface area contributed by atoms with Crippen molar-refractivity contribution >= 4 is 23.2 Å². The highest BCUT2D eigenvalue weighted by Gasteiger charge is 2.27. The number of anilines is 1. The lowest BCUT2D eigenvalue weighted by Gasteiger charge is -2.30. The zero-order valence-corrected chi connectivity index (χ0v) is 19.7. The van der Waals surface area contributed by atoms with E-state index in [1.807, 2.05) is 31.2 Å². The standard InChI is InChI=1S/C24H27ClN4O4/c1-15-6-8-18(12-19(15)25)26-24(30)17-5-4-10-29(13-17)14-22-27-23(28-33-22)16-7-9-20(31-2)21(11-16)32-3/h6-9,11-12,17H,4-5,10,13-14H2,1-3H3,(H,26,30). The van der Waals surface area contributed by atoms with Crippen molar-refractivity contribution in [1.29, 1.82) is 0 Å². The van der Waals surface area contributed by atoms with E-state index < -0.39 is 0 Å². The molecule has 1 saturated heterocycles. The molecule has 8 nitrogen and oxygen atoms in total. The summed E-state index contributed by atoms with van der Waals surface area (Å²) >= 11 is 6.18. The van der Waals surface area contributed by atoms with Gasteiger partial charge < -0.3 is 19.3 Å². The number of carbonyl (C=O) groups is 1. The van der Waals surface area contributed by atoms with Crippen molar-refractivity contribution in [2.45, 2.75) is 26.3 Å². The van der Waals surface area contributed by atoms with Crippen molar-refractivity contribution in [3.8, 4) is 22.9 Å². The van der Waals surface area contributed by atoms with Crippen molar-refractivity contribution in [2.24, 2.45) is 5.92 Å². The largest absolute Gasteiger partial charge is 0.493 e. The fourth-order valence-electron chi connectivity index (χ4n) is 3.93. The van der Waals surface area contributed by atoms with E-state index in [1.165, 1.54) is 0 Å². The Morgan fingerprint density at radius 1 is 1.21 bits per heavy atom. The molecule has 1 atom stereocenters. The number of likely N-dealkylation sites (tertiary alicyclic amines) is 1. The van der Waals surface area contributed by atoms with Crippen LogP contribution >= 0.6 is 11.6 Å². The van der Waals surface area contributed by atoms with Crippen LogP contribution in [-0.2, 0) is 11.3 Å². The molecule has 2 aromatic carbocycles. The topological polar surface area (TPSA) is 89.7 Å². The number of ether oxygens (including phenoxy) is 2. The molecule has 1 N–H and O–H groups in total. The minimum absolute atomic E-state index is 0.00355. The van der Waals surface area contributed by atoms with Gasteiger partial charge in [-0.05, 0) is 62.2 Å². The first kappa shape index (κ1) is 23.1. The highest BCUT2D eigenvalue weighted by atomic mass is 35.5. The van der Waals surface area contributed by atoms with Crippen LogP contribution in [0, 0.1) is 12.8 Å². The third kappa shape index (κ3) is 5.46. The van der Waals surface area contributed by atoms with E-state index in [4.69, 9.17) is 25.6 Å². The maximum absolute atomic E-state index is 12.8. The molecule has 1 aromatic heterocycles. The number of methoxy groups -OCH3 is 2. The lowest BCUT2D eigenvalue weighted by atomic mass is 9.97. The van der Waals surface area contributed by atoms with Gasteiger partial charge in [0.2, 0.25) is 17.6 Å². The molecule has 4 rings (SSSR count). The summed E-state index contributed by atoms with van der Waals surface area (Å²) in [5.74, 6) is 2.10. The summed E-state index contributed by atoms with van der Waals surface area (Å²) in [6, 6.07) is 11.0. The fraction of sp³-hybridized carbons (Fsp3) is 0.375. The van der Waals surface area contributed by atoms with Gasteiger partial charge in [-0.25, -0.2) is 0 Å². The normalized spacial score (nSPS) is 16.4. The second-order valence-corrected chi connectivity index (χ2v) is 8.52. The maximum Gasteiger partial charge on any atom is 0.241 e. The lowest BCUT2D eigenvalue weighted by Crippen LogP contribution is -2.40. The molecule has 0 radical (unpaired) electrons. The minimum atomic E-state index is -0.118. The summed E-state index contributed by atoms with van der Waals surface area (Å²) in [6.45, 7) is 3.91. The molecule has 1 amide bonds. The Bertz CT molecular complexity index is 1130. The van der Waals surface area contributed by atoms with Crippen LogP contribution in [-0.4, -0.2) is 48.3 Å². The molecule has 3 aromatic rings. The summed E-state index contributed by atoms with van der Waals surface area (Å²) in [6.07, 6.45) is 1.76. The van der Waals surface area contributed by atoms with Gasteiger partial charge in [0.25, 0.3) is 0 Å². The van der Waals surface area contributed by atoms with Crippen molar-refractivity contribution in [3.05, 3.63) is 52.9 Å². The van der Waals surface area contributed by atoms with E-state index in [1.54, 1.807) is 26.4 Å². The molecule has 174 valence electrons. The lowest BCUT2D eigenvalue weighted by molar-refractivity contribution is -0.121. The molecule has 2 heterocycles. The van der Waals surface area contributed by atoms with Gasteiger partial charge in [-0.3, -0.25) is 9.69 Å². The predicted molar refractivity (Wildman–Crippen MR) is 126 cm³/mol. The summed E-state index contributed by atoms with van der Waals surface area (Å²) in [5, 5.41) is 7.73. The number of nitrogens with zero attached hydrogens (tertiary/aromatic N) is 3. The van der Waals surface area contributed by atoms with Gasteiger partial charge in [0, 0.05) is 22.8 Å². The highest BCUT2D eigenvalue weighted by Crippen LogP contribution is 2.31. The van der Waals surface area contributed by atoms with E-state index >= 15 is 0 Å². The number of rotatable bonds is 7. The molecular formula is C24H27ClN4O4. The van der Waals surface area contributed by atoms with Crippen molar-refractivity contribution < 1.29 is 18.8 Å². The number of aryl methyl sites for hydroxylation is 1. The van der Waals surface area contributed by atoms with Crippen LogP contribution in [0.5, 0.6) is 11.5 Å². The third-order valence-electron chi connectivity index (χ3n) is 5.78. The summed E-state index contributed by atoms with van der Waals surface area (Å²) < 4.78 is 16.1. The van der Waals surface area contributed by atoms with E-state index in [-0.39, 0.29) is 11.8 Å². The Balaban J connectivity index is 1.38. The second-order valence-electron chi connectivity index (χ2n) is 8.11. The molecule has 0 saturated carbocycles. The number of halogens is 1. The number of piperidine rings is 1. The first-order valence-corrected chi connectivity index (χ1v) is 11.2. The second kappa shape index (κ2) is 10.2. The zero-order valence-electron chi connectivity index (χ0n) is 18.9. The van der Waals surface area contributed by atoms with Gasteiger partial charge in [0.1, 0.15) is 0 Å². The SMILES string of the molecule is COc1ccc(-c2noc(CN3CCCC(C(=O)Nc4ccc(C)c(Cl)c4)C3)n2)cc1OC. The van der Waals surface area contributed by atoms with E-state index in [0.29, 0.717) is 47.0 Å². The molecule has 9 heteroatoms. The van der Waals surface area contributed by atoms with Crippen LogP contribution in [0.2, 0.25) is 5.02 Å². The van der Waals surface area contributed by atoms with Gasteiger partial charge in [0.05, 0.1) is 26.7 Å². The number of amides is 1. The Hall–Kier alpha value is -3.10. The van der Waals surface area contributed by atoms with Crippen LogP contribution in [0.4, 0.5) is 5.69 Å². The average molecular weight is 471 g/mol. The van der Waals surface area contributed by atoms with Gasteiger partial charge in [-0.1, -0.05) is 22.8 Å². The Labute approximate surface area is 197 Å². The van der Waals surface area contributed by atoms with Crippen LogP contribution in [0.25, 0.3) is 11.4 Å². The van der Waals surface area contributed by atoms with Crippen molar-refractivity contribution in [2.75, 3.05) is 32.6 Å². The van der Waals surface area contributed by atoms with E-state index in [2.05, 4.69) is 20.4 Å². The summed E-state index contributed by atoms with van der Waals surface area (Å²) in [7, 11) is 3.17. The molecule has 1 fully saturated rings. The number of hydrogen-bond donors (Lipinski definition) is 1. The number of aromatic nitrogens is 2. The monoisotopic (exact) mass is 470 g/mol. The van der Waals surface area contributed by atoms with E-state index in [0.717, 1.165) is 30.5 Å². The molecule has 0 bridgehead atoms. The van der Waals surface area contributed by atoms with Crippen LogP contribution < -0.4 is 14.8 Å². The Kier molecular flexibility index (Phi) is 7.15. The first-order chi connectivity index (χ1) is 16.0. The van der Waals surface area contributed by atoms with Gasteiger partial charge in [-0.2, -0.15) is 4.98 Å². The molecule has 33 heavy (non-hydrogen) atoms. The van der Waals surface area contributed by atoms with Gasteiger partial charge >= 0.3 is 0 Å². The molecular weight excluding hydrogens is 444 g/mol. The molecule has 1 unspecified atom stereocenters. The van der Waals surface area contributed by atoms with Crippen molar-refractivity contribution in [3.63, 3.8) is 0 Å². The smallest absolute Gasteiger partial charge is 0.241 e.